The number of furan rings is 1. The van der Waals surface area contributed by atoms with Gasteiger partial charge in [-0.1, -0.05) is 0 Å². The molecule has 0 aliphatic rings. The Balaban J connectivity index is 2.09. The Morgan fingerprint density at radius 1 is 1.64 bits per heavy atom. The molecule has 0 amide bonds. The van der Waals surface area contributed by atoms with E-state index >= 15 is 0 Å². The summed E-state index contributed by atoms with van der Waals surface area (Å²) >= 11 is 3.17. The molecule has 5 heteroatoms. The lowest BCUT2D eigenvalue weighted by Crippen LogP contribution is -2.00. The van der Waals surface area contributed by atoms with Gasteiger partial charge in [-0.2, -0.15) is 5.10 Å². The fourth-order valence-electron chi connectivity index (χ4n) is 1.13. The minimum absolute atomic E-state index is 0.0204. The summed E-state index contributed by atoms with van der Waals surface area (Å²) in [7, 11) is 0. The Labute approximate surface area is 88.4 Å². The number of rotatable bonds is 3. The first-order chi connectivity index (χ1) is 6.75. The monoisotopic (exact) mass is 254 g/mol. The fourth-order valence-corrected chi connectivity index (χ4v) is 1.52. The highest BCUT2D eigenvalue weighted by Gasteiger charge is 2.09. The molecule has 0 aromatic carbocycles. The van der Waals surface area contributed by atoms with Crippen LogP contribution in [-0.2, 0) is 6.42 Å². The fraction of sp³-hybridized carbons (Fsp3) is 0.111. The second-order valence-electron chi connectivity index (χ2n) is 2.85. The van der Waals surface area contributed by atoms with Gasteiger partial charge in [-0.05, 0) is 27.6 Å². The molecule has 0 fully saturated rings. The number of H-pyrrole nitrogens is 1. The van der Waals surface area contributed by atoms with Crippen molar-refractivity contribution in [3.63, 3.8) is 0 Å². The molecule has 0 aliphatic carbocycles. The smallest absolute Gasteiger partial charge is 0.170 e. The van der Waals surface area contributed by atoms with Gasteiger partial charge in [0, 0.05) is 12.6 Å². The highest BCUT2D eigenvalue weighted by molar-refractivity contribution is 9.10. The van der Waals surface area contributed by atoms with Gasteiger partial charge in [0.15, 0.2) is 10.5 Å². The molecule has 0 saturated heterocycles. The lowest BCUT2D eigenvalue weighted by Gasteiger charge is -1.92. The van der Waals surface area contributed by atoms with Gasteiger partial charge < -0.3 is 4.42 Å². The molecular weight excluding hydrogens is 248 g/mol. The second-order valence-corrected chi connectivity index (χ2v) is 3.63. The van der Waals surface area contributed by atoms with Crippen molar-refractivity contribution in [1.29, 1.82) is 0 Å². The molecule has 0 spiro atoms. The predicted molar refractivity (Wildman–Crippen MR) is 53.0 cm³/mol. The molecule has 0 saturated carbocycles. The summed E-state index contributed by atoms with van der Waals surface area (Å²) in [6.45, 7) is 0. The molecule has 2 aromatic heterocycles. The minimum Gasteiger partial charge on any atom is -0.457 e. The zero-order chi connectivity index (χ0) is 9.97. The summed E-state index contributed by atoms with van der Waals surface area (Å²) in [5.74, 6) is 0.0204. The van der Waals surface area contributed by atoms with Crippen LogP contribution in [0.2, 0.25) is 0 Å². The van der Waals surface area contributed by atoms with E-state index in [4.69, 9.17) is 4.42 Å². The number of nitrogens with one attached hydrogen (secondary N) is 1. The standard InChI is InChI=1S/C9H7BrN2O2/c10-9-2-6(5-14-9)1-8(13)7-3-11-12-4-7/h2-5H,1H2,(H,11,12). The van der Waals surface area contributed by atoms with Crippen LogP contribution < -0.4 is 0 Å². The van der Waals surface area contributed by atoms with E-state index < -0.39 is 0 Å². The number of aromatic nitrogens is 2. The summed E-state index contributed by atoms with van der Waals surface area (Å²) in [6.07, 6.45) is 4.98. The maximum absolute atomic E-state index is 11.6. The van der Waals surface area contributed by atoms with Gasteiger partial charge in [-0.25, -0.2) is 0 Å². The topological polar surface area (TPSA) is 58.9 Å². The van der Waals surface area contributed by atoms with Crippen LogP contribution in [0.25, 0.3) is 0 Å². The van der Waals surface area contributed by atoms with E-state index in [2.05, 4.69) is 26.1 Å². The van der Waals surface area contributed by atoms with E-state index in [1.807, 2.05) is 0 Å². The Bertz CT molecular complexity index is 433. The van der Waals surface area contributed by atoms with Crippen LogP contribution in [0.15, 0.2) is 33.8 Å². The molecule has 14 heavy (non-hydrogen) atoms. The number of Topliss-reactive ketones (excluding diaryl/α,β-unsaturated/α-hetero) is 1. The lowest BCUT2D eigenvalue weighted by molar-refractivity contribution is 0.0993. The third kappa shape index (κ3) is 1.93. The number of carbonyl (C=O) groups excluding carboxylic acids is 1. The number of aromatic amines is 1. The largest absolute Gasteiger partial charge is 0.457 e. The number of nitrogens with zero attached hydrogens (tertiary/aromatic N) is 1. The molecule has 4 nitrogen and oxygen atoms in total. The summed E-state index contributed by atoms with van der Waals surface area (Å²) in [4.78, 5) is 11.6. The average molecular weight is 255 g/mol. The van der Waals surface area contributed by atoms with E-state index in [1.165, 1.54) is 6.20 Å². The van der Waals surface area contributed by atoms with Crippen molar-refractivity contribution >= 4 is 21.7 Å². The molecule has 0 bridgehead atoms. The second kappa shape index (κ2) is 3.79. The van der Waals surface area contributed by atoms with Crippen molar-refractivity contribution in [3.05, 3.63) is 40.5 Å². The highest BCUT2D eigenvalue weighted by Crippen LogP contribution is 2.15. The normalized spacial score (nSPS) is 10.4. The van der Waals surface area contributed by atoms with Crippen LogP contribution in [0, 0.1) is 0 Å². The summed E-state index contributed by atoms with van der Waals surface area (Å²) in [5.41, 5.74) is 1.44. The third-order valence-corrected chi connectivity index (χ3v) is 2.22. The van der Waals surface area contributed by atoms with Crippen LogP contribution in [0.5, 0.6) is 0 Å². The molecule has 0 aliphatic heterocycles. The van der Waals surface area contributed by atoms with E-state index in [-0.39, 0.29) is 5.78 Å². The van der Waals surface area contributed by atoms with E-state index in [9.17, 15) is 4.79 Å². The van der Waals surface area contributed by atoms with E-state index in [0.717, 1.165) is 5.56 Å². The van der Waals surface area contributed by atoms with Gasteiger partial charge >= 0.3 is 0 Å². The maximum atomic E-state index is 11.6. The summed E-state index contributed by atoms with van der Waals surface area (Å²) < 4.78 is 5.66. The van der Waals surface area contributed by atoms with Crippen LogP contribution >= 0.6 is 15.9 Å². The van der Waals surface area contributed by atoms with Crippen molar-refractivity contribution in [1.82, 2.24) is 10.2 Å². The van der Waals surface area contributed by atoms with Crippen molar-refractivity contribution in [2.24, 2.45) is 0 Å². The van der Waals surface area contributed by atoms with E-state index in [0.29, 0.717) is 16.7 Å². The molecule has 0 radical (unpaired) electrons. The number of halogens is 1. The Morgan fingerprint density at radius 3 is 3.07 bits per heavy atom. The quantitative estimate of drug-likeness (QED) is 0.855. The third-order valence-electron chi connectivity index (χ3n) is 1.81. The van der Waals surface area contributed by atoms with Gasteiger partial charge in [0.05, 0.1) is 18.0 Å². The van der Waals surface area contributed by atoms with Crippen LogP contribution in [-0.4, -0.2) is 16.0 Å². The molecule has 0 unspecified atom stereocenters. The number of hydrogen-bond acceptors (Lipinski definition) is 3. The SMILES string of the molecule is O=C(Cc1coc(Br)c1)c1cn[nH]c1. The molecule has 2 heterocycles. The summed E-state index contributed by atoms with van der Waals surface area (Å²) in [6, 6.07) is 1.78. The molecule has 0 atom stereocenters. The minimum atomic E-state index is 0.0204. The van der Waals surface area contributed by atoms with E-state index in [1.54, 1.807) is 18.5 Å². The predicted octanol–water partition coefficient (Wildman–Crippen LogP) is 2.19. The summed E-state index contributed by atoms with van der Waals surface area (Å²) in [5, 5.41) is 6.31. The van der Waals surface area contributed by atoms with Crippen LogP contribution in [0.4, 0.5) is 0 Å². The van der Waals surface area contributed by atoms with Gasteiger partial charge in [-0.3, -0.25) is 9.89 Å². The molecular formula is C9H7BrN2O2. The first-order valence-electron chi connectivity index (χ1n) is 4.00. The Kier molecular flexibility index (Phi) is 2.49. The van der Waals surface area contributed by atoms with Crippen LogP contribution in [0.3, 0.4) is 0 Å². The zero-order valence-electron chi connectivity index (χ0n) is 7.16. The van der Waals surface area contributed by atoms with Crippen molar-refractivity contribution in [2.75, 3.05) is 0 Å². The maximum Gasteiger partial charge on any atom is 0.170 e. The lowest BCUT2D eigenvalue weighted by atomic mass is 10.1. The zero-order valence-corrected chi connectivity index (χ0v) is 8.74. The van der Waals surface area contributed by atoms with Crippen LogP contribution in [0.1, 0.15) is 15.9 Å². The number of hydrogen-bond donors (Lipinski definition) is 1. The van der Waals surface area contributed by atoms with Gasteiger partial charge in [0.1, 0.15) is 0 Å². The molecule has 2 rings (SSSR count). The molecule has 1 N–H and O–H groups in total. The average Bonchev–Trinajstić information content (AvgIpc) is 2.75. The Hall–Kier alpha value is -1.36. The van der Waals surface area contributed by atoms with Crippen molar-refractivity contribution < 1.29 is 9.21 Å². The van der Waals surface area contributed by atoms with Gasteiger partial charge in [0.25, 0.3) is 0 Å². The number of ketones is 1. The highest BCUT2D eigenvalue weighted by atomic mass is 79.9. The number of carbonyl (C=O) groups is 1. The first-order valence-corrected chi connectivity index (χ1v) is 4.80. The van der Waals surface area contributed by atoms with Crippen molar-refractivity contribution in [2.45, 2.75) is 6.42 Å². The Morgan fingerprint density at radius 2 is 2.50 bits per heavy atom. The van der Waals surface area contributed by atoms with Gasteiger partial charge in [-0.15, -0.1) is 0 Å². The molecule has 2 aromatic rings. The van der Waals surface area contributed by atoms with Gasteiger partial charge in [0.2, 0.25) is 0 Å². The first kappa shape index (κ1) is 9.21. The van der Waals surface area contributed by atoms with Crippen molar-refractivity contribution in [3.8, 4) is 0 Å². The molecule has 72 valence electrons.